The molecule has 0 aromatic carbocycles. The molecule has 102 valence electrons. The highest BCUT2D eigenvalue weighted by Gasteiger charge is 2.23. The van der Waals surface area contributed by atoms with Crippen LogP contribution in [0.15, 0.2) is 0 Å². The first-order valence-electron chi connectivity index (χ1n) is 7.33. The summed E-state index contributed by atoms with van der Waals surface area (Å²) in [7, 11) is 1.87. The molecule has 0 radical (unpaired) electrons. The van der Waals surface area contributed by atoms with Crippen molar-refractivity contribution in [1.82, 2.24) is 15.1 Å². The molecule has 2 aliphatic rings. The minimum Gasteiger partial charge on any atom is -0.304 e. The van der Waals surface area contributed by atoms with Crippen LogP contribution in [-0.2, 0) is 0 Å². The first-order chi connectivity index (χ1) is 8.81. The van der Waals surface area contributed by atoms with Crippen molar-refractivity contribution in [2.75, 3.05) is 46.3 Å². The van der Waals surface area contributed by atoms with E-state index in [2.05, 4.69) is 21.2 Å². The monoisotopic (exact) mass is 250 g/mol. The summed E-state index contributed by atoms with van der Waals surface area (Å²) >= 11 is 0. The Kier molecular flexibility index (Phi) is 5.43. The van der Waals surface area contributed by atoms with Crippen LogP contribution >= 0.6 is 0 Å². The summed E-state index contributed by atoms with van der Waals surface area (Å²) in [6, 6.07) is 2.29. The Morgan fingerprint density at radius 2 is 1.83 bits per heavy atom. The maximum atomic E-state index is 8.95. The van der Waals surface area contributed by atoms with Gasteiger partial charge in [-0.15, -0.1) is 0 Å². The molecule has 1 atom stereocenters. The predicted molar refractivity (Wildman–Crippen MR) is 73.3 cm³/mol. The van der Waals surface area contributed by atoms with Crippen molar-refractivity contribution in [2.24, 2.45) is 5.92 Å². The minimum atomic E-state index is -0.0138. The highest BCUT2D eigenvalue weighted by molar-refractivity contribution is 4.92. The molecule has 0 saturated carbocycles. The van der Waals surface area contributed by atoms with Crippen LogP contribution in [0.2, 0.25) is 0 Å². The number of likely N-dealkylation sites (tertiary alicyclic amines) is 2. The van der Waals surface area contributed by atoms with Gasteiger partial charge in [-0.3, -0.25) is 0 Å². The first kappa shape index (κ1) is 13.8. The third-order valence-electron chi connectivity index (χ3n) is 4.37. The van der Waals surface area contributed by atoms with Crippen LogP contribution in [0.1, 0.15) is 25.7 Å². The lowest BCUT2D eigenvalue weighted by Gasteiger charge is -2.34. The van der Waals surface area contributed by atoms with Crippen LogP contribution in [0.4, 0.5) is 0 Å². The third kappa shape index (κ3) is 3.94. The molecule has 4 heteroatoms. The fourth-order valence-electron chi connectivity index (χ4n) is 3.14. The Balaban J connectivity index is 1.66. The second kappa shape index (κ2) is 7.08. The normalized spacial score (nSPS) is 25.1. The van der Waals surface area contributed by atoms with Gasteiger partial charge in [0.15, 0.2) is 0 Å². The standard InChI is InChI=1S/C14H26N4/c1-16-14(10-15)12-18-8-4-13(5-9-18)11-17-6-2-3-7-17/h13-14,16H,2-9,11-12H2,1H3. The third-order valence-corrected chi connectivity index (χ3v) is 4.37. The minimum absolute atomic E-state index is 0.0138. The van der Waals surface area contributed by atoms with Crippen molar-refractivity contribution in [3.8, 4) is 6.07 Å². The fraction of sp³-hybridized carbons (Fsp3) is 0.929. The molecule has 2 aliphatic heterocycles. The molecule has 0 aromatic heterocycles. The summed E-state index contributed by atoms with van der Waals surface area (Å²) in [5.74, 6) is 0.884. The Labute approximate surface area is 111 Å². The van der Waals surface area contributed by atoms with E-state index >= 15 is 0 Å². The Morgan fingerprint density at radius 1 is 1.17 bits per heavy atom. The molecule has 0 amide bonds. The van der Waals surface area contributed by atoms with Gasteiger partial charge in [-0.1, -0.05) is 0 Å². The van der Waals surface area contributed by atoms with Crippen LogP contribution in [0.25, 0.3) is 0 Å². The lowest BCUT2D eigenvalue weighted by Crippen LogP contribution is -2.44. The molecule has 18 heavy (non-hydrogen) atoms. The van der Waals surface area contributed by atoms with E-state index in [4.69, 9.17) is 5.26 Å². The van der Waals surface area contributed by atoms with E-state index < -0.39 is 0 Å². The maximum Gasteiger partial charge on any atom is 0.108 e. The van der Waals surface area contributed by atoms with E-state index in [1.807, 2.05) is 7.05 Å². The summed E-state index contributed by atoms with van der Waals surface area (Å²) < 4.78 is 0. The molecule has 2 saturated heterocycles. The number of likely N-dealkylation sites (N-methyl/N-ethyl adjacent to an activating group) is 1. The van der Waals surface area contributed by atoms with Gasteiger partial charge < -0.3 is 15.1 Å². The molecular formula is C14H26N4. The molecule has 0 aromatic rings. The summed E-state index contributed by atoms with van der Waals surface area (Å²) in [4.78, 5) is 5.07. The van der Waals surface area contributed by atoms with Gasteiger partial charge in [-0.05, 0) is 64.8 Å². The van der Waals surface area contributed by atoms with E-state index in [0.717, 1.165) is 12.5 Å². The number of nitrogens with zero attached hydrogens (tertiary/aromatic N) is 3. The van der Waals surface area contributed by atoms with Crippen molar-refractivity contribution in [3.05, 3.63) is 0 Å². The molecule has 2 rings (SSSR count). The van der Waals surface area contributed by atoms with Gasteiger partial charge in [-0.25, -0.2) is 0 Å². The highest BCUT2D eigenvalue weighted by atomic mass is 15.2. The van der Waals surface area contributed by atoms with Gasteiger partial charge in [0.1, 0.15) is 6.04 Å². The maximum absolute atomic E-state index is 8.95. The fourth-order valence-corrected chi connectivity index (χ4v) is 3.14. The second-order valence-corrected chi connectivity index (χ2v) is 5.72. The quantitative estimate of drug-likeness (QED) is 0.787. The largest absolute Gasteiger partial charge is 0.304 e. The zero-order valence-electron chi connectivity index (χ0n) is 11.6. The lowest BCUT2D eigenvalue weighted by molar-refractivity contribution is 0.150. The number of piperidine rings is 1. The smallest absolute Gasteiger partial charge is 0.108 e. The highest BCUT2D eigenvalue weighted by Crippen LogP contribution is 2.20. The van der Waals surface area contributed by atoms with Gasteiger partial charge >= 0.3 is 0 Å². The zero-order chi connectivity index (χ0) is 12.8. The van der Waals surface area contributed by atoms with Crippen molar-refractivity contribution < 1.29 is 0 Å². The molecule has 0 spiro atoms. The van der Waals surface area contributed by atoms with Gasteiger partial charge in [0.05, 0.1) is 6.07 Å². The van der Waals surface area contributed by atoms with Crippen LogP contribution < -0.4 is 5.32 Å². The van der Waals surface area contributed by atoms with E-state index in [-0.39, 0.29) is 6.04 Å². The van der Waals surface area contributed by atoms with Crippen LogP contribution in [0.5, 0.6) is 0 Å². The number of nitriles is 1. The number of nitrogens with one attached hydrogen (secondary N) is 1. The first-order valence-corrected chi connectivity index (χ1v) is 7.33. The predicted octanol–water partition coefficient (Wildman–Crippen LogP) is 0.906. The lowest BCUT2D eigenvalue weighted by atomic mass is 9.96. The van der Waals surface area contributed by atoms with Crippen molar-refractivity contribution in [3.63, 3.8) is 0 Å². The van der Waals surface area contributed by atoms with Crippen molar-refractivity contribution in [1.29, 1.82) is 5.26 Å². The summed E-state index contributed by atoms with van der Waals surface area (Å²) in [5, 5.41) is 12.0. The number of rotatable bonds is 5. The zero-order valence-corrected chi connectivity index (χ0v) is 11.6. The van der Waals surface area contributed by atoms with E-state index in [0.29, 0.717) is 0 Å². The Hall–Kier alpha value is -0.630. The van der Waals surface area contributed by atoms with Gasteiger partial charge in [0.2, 0.25) is 0 Å². The molecule has 4 nitrogen and oxygen atoms in total. The molecule has 0 bridgehead atoms. The van der Waals surface area contributed by atoms with E-state index in [1.54, 1.807) is 0 Å². The van der Waals surface area contributed by atoms with Gasteiger partial charge in [0.25, 0.3) is 0 Å². The van der Waals surface area contributed by atoms with Crippen LogP contribution in [0.3, 0.4) is 0 Å². The second-order valence-electron chi connectivity index (χ2n) is 5.72. The molecule has 0 aliphatic carbocycles. The van der Waals surface area contributed by atoms with Crippen LogP contribution in [0, 0.1) is 17.2 Å². The van der Waals surface area contributed by atoms with Gasteiger partial charge in [-0.2, -0.15) is 5.26 Å². The summed E-state index contributed by atoms with van der Waals surface area (Å²) in [5.41, 5.74) is 0. The molecule has 1 unspecified atom stereocenters. The summed E-state index contributed by atoms with van der Waals surface area (Å²) in [6.07, 6.45) is 5.40. The average molecular weight is 250 g/mol. The van der Waals surface area contributed by atoms with E-state index in [1.165, 1.54) is 58.4 Å². The molecule has 2 fully saturated rings. The van der Waals surface area contributed by atoms with E-state index in [9.17, 15) is 0 Å². The van der Waals surface area contributed by atoms with Crippen LogP contribution in [-0.4, -0.2) is 62.2 Å². The topological polar surface area (TPSA) is 42.3 Å². The van der Waals surface area contributed by atoms with Crippen molar-refractivity contribution >= 4 is 0 Å². The molecule has 2 heterocycles. The van der Waals surface area contributed by atoms with Crippen molar-refractivity contribution in [2.45, 2.75) is 31.7 Å². The Bertz CT molecular complexity index is 272. The SMILES string of the molecule is CNC(C#N)CN1CCC(CN2CCCC2)CC1. The average Bonchev–Trinajstić information content (AvgIpc) is 2.91. The summed E-state index contributed by atoms with van der Waals surface area (Å²) in [6.45, 7) is 7.15. The number of hydrogen-bond donors (Lipinski definition) is 1. The van der Waals surface area contributed by atoms with Gasteiger partial charge in [0, 0.05) is 13.1 Å². The Morgan fingerprint density at radius 3 is 2.39 bits per heavy atom. The number of hydrogen-bond acceptors (Lipinski definition) is 4. The molecular weight excluding hydrogens is 224 g/mol. The molecule has 1 N–H and O–H groups in total.